The lowest BCUT2D eigenvalue weighted by Crippen LogP contribution is -2.50. The van der Waals surface area contributed by atoms with Crippen LogP contribution in [-0.2, 0) is 0 Å². The lowest BCUT2D eigenvalue weighted by atomic mass is 9.90. The number of nitrogens with zero attached hydrogens (tertiary/aromatic N) is 3. The van der Waals surface area contributed by atoms with E-state index in [9.17, 15) is 0 Å². The van der Waals surface area contributed by atoms with Gasteiger partial charge in [0, 0.05) is 11.6 Å². The van der Waals surface area contributed by atoms with Gasteiger partial charge in [0.2, 0.25) is 0 Å². The van der Waals surface area contributed by atoms with Crippen molar-refractivity contribution in [1.82, 2.24) is 20.0 Å². The molecule has 1 N–H and O–H groups in total. The first-order valence-electron chi connectivity index (χ1n) is 6.87. The molecule has 19 heavy (non-hydrogen) atoms. The Hall–Kier alpha value is -0.580. The van der Waals surface area contributed by atoms with Crippen LogP contribution in [-0.4, -0.2) is 40.9 Å². The SMILES string of the molecule is CCNC(c1c(Cl)cnn1C(C)C)C(C)(C)N(C)C. The molecule has 0 fully saturated rings. The summed E-state index contributed by atoms with van der Waals surface area (Å²) in [4.78, 5) is 2.22. The van der Waals surface area contributed by atoms with E-state index in [1.165, 1.54) is 0 Å². The van der Waals surface area contributed by atoms with Crippen LogP contribution in [0.4, 0.5) is 0 Å². The van der Waals surface area contributed by atoms with E-state index in [1.54, 1.807) is 6.20 Å². The molecule has 1 unspecified atom stereocenters. The van der Waals surface area contributed by atoms with Crippen LogP contribution in [0.1, 0.15) is 52.4 Å². The van der Waals surface area contributed by atoms with Crippen LogP contribution in [0.25, 0.3) is 0 Å². The van der Waals surface area contributed by atoms with Crippen molar-refractivity contribution in [3.05, 3.63) is 16.9 Å². The number of likely N-dealkylation sites (N-methyl/N-ethyl adjacent to an activating group) is 2. The normalized spacial score (nSPS) is 14.4. The van der Waals surface area contributed by atoms with E-state index < -0.39 is 0 Å². The number of rotatable bonds is 6. The Bertz CT molecular complexity index is 410. The zero-order chi connectivity index (χ0) is 14.8. The van der Waals surface area contributed by atoms with Gasteiger partial charge in [-0.15, -0.1) is 0 Å². The molecule has 0 aliphatic rings. The average Bonchev–Trinajstić information content (AvgIpc) is 2.67. The van der Waals surface area contributed by atoms with Crippen LogP contribution in [0, 0.1) is 0 Å². The third-order valence-corrected chi connectivity index (χ3v) is 4.11. The van der Waals surface area contributed by atoms with Crippen molar-refractivity contribution in [2.45, 2.75) is 52.2 Å². The second kappa shape index (κ2) is 6.25. The van der Waals surface area contributed by atoms with Crippen LogP contribution in [0.15, 0.2) is 6.20 Å². The molecule has 1 heterocycles. The maximum Gasteiger partial charge on any atom is 0.0835 e. The van der Waals surface area contributed by atoms with E-state index >= 15 is 0 Å². The van der Waals surface area contributed by atoms with Crippen LogP contribution in [0.5, 0.6) is 0 Å². The minimum absolute atomic E-state index is 0.0632. The van der Waals surface area contributed by atoms with Gasteiger partial charge in [0.1, 0.15) is 0 Å². The first kappa shape index (κ1) is 16.5. The molecule has 0 saturated carbocycles. The fraction of sp³-hybridized carbons (Fsp3) is 0.786. The Balaban J connectivity index is 3.31. The molecule has 0 bridgehead atoms. The van der Waals surface area contributed by atoms with Gasteiger partial charge in [-0.25, -0.2) is 0 Å². The van der Waals surface area contributed by atoms with Gasteiger partial charge < -0.3 is 10.2 Å². The van der Waals surface area contributed by atoms with Gasteiger partial charge in [0.15, 0.2) is 0 Å². The van der Waals surface area contributed by atoms with Crippen LogP contribution in [0.2, 0.25) is 5.02 Å². The second-order valence-corrected chi connectivity index (χ2v) is 6.36. The Kier molecular flexibility index (Phi) is 5.42. The Labute approximate surface area is 122 Å². The summed E-state index contributed by atoms with van der Waals surface area (Å²) < 4.78 is 2.01. The minimum Gasteiger partial charge on any atom is -0.307 e. The molecule has 0 aliphatic heterocycles. The predicted molar refractivity (Wildman–Crippen MR) is 81.8 cm³/mol. The summed E-state index contributed by atoms with van der Waals surface area (Å²) in [6.45, 7) is 11.7. The summed E-state index contributed by atoms with van der Waals surface area (Å²) >= 11 is 6.39. The highest BCUT2D eigenvalue weighted by Crippen LogP contribution is 2.34. The third-order valence-electron chi connectivity index (χ3n) is 3.82. The van der Waals surface area contributed by atoms with E-state index in [2.05, 4.69) is 64.0 Å². The first-order chi connectivity index (χ1) is 8.73. The second-order valence-electron chi connectivity index (χ2n) is 5.95. The molecule has 1 rings (SSSR count). The van der Waals surface area contributed by atoms with Crippen molar-refractivity contribution < 1.29 is 0 Å². The van der Waals surface area contributed by atoms with Gasteiger partial charge >= 0.3 is 0 Å². The van der Waals surface area contributed by atoms with Crippen molar-refractivity contribution in [2.24, 2.45) is 0 Å². The highest BCUT2D eigenvalue weighted by Gasteiger charge is 2.36. The minimum atomic E-state index is -0.0632. The Morgan fingerprint density at radius 1 is 1.42 bits per heavy atom. The summed E-state index contributed by atoms with van der Waals surface area (Å²) in [5, 5.41) is 8.70. The van der Waals surface area contributed by atoms with E-state index in [0.717, 1.165) is 17.3 Å². The highest BCUT2D eigenvalue weighted by molar-refractivity contribution is 6.31. The van der Waals surface area contributed by atoms with E-state index in [0.29, 0.717) is 6.04 Å². The Morgan fingerprint density at radius 3 is 2.42 bits per heavy atom. The van der Waals surface area contributed by atoms with E-state index in [4.69, 9.17) is 11.6 Å². The molecule has 1 atom stereocenters. The topological polar surface area (TPSA) is 33.1 Å². The zero-order valence-corrected chi connectivity index (χ0v) is 13.9. The average molecular weight is 287 g/mol. The number of hydrogen-bond donors (Lipinski definition) is 1. The molecule has 0 spiro atoms. The van der Waals surface area contributed by atoms with Crippen LogP contribution in [0.3, 0.4) is 0 Å². The molecular weight excluding hydrogens is 260 g/mol. The van der Waals surface area contributed by atoms with Gasteiger partial charge in [-0.2, -0.15) is 5.10 Å². The molecule has 5 heteroatoms. The molecule has 1 aromatic heterocycles. The molecule has 4 nitrogen and oxygen atoms in total. The Morgan fingerprint density at radius 2 is 2.00 bits per heavy atom. The summed E-state index contributed by atoms with van der Waals surface area (Å²) in [7, 11) is 4.18. The number of nitrogens with one attached hydrogen (secondary N) is 1. The van der Waals surface area contributed by atoms with Crippen LogP contribution < -0.4 is 5.32 Å². The van der Waals surface area contributed by atoms with Gasteiger partial charge in [-0.05, 0) is 48.3 Å². The maximum atomic E-state index is 6.39. The number of hydrogen-bond acceptors (Lipinski definition) is 3. The molecule has 0 aliphatic carbocycles. The summed E-state index contributed by atoms with van der Waals surface area (Å²) in [6, 6.07) is 0.423. The van der Waals surface area contributed by atoms with Gasteiger partial charge in [-0.1, -0.05) is 18.5 Å². The smallest absolute Gasteiger partial charge is 0.0835 e. The number of halogens is 1. The molecule has 110 valence electrons. The number of aromatic nitrogens is 2. The fourth-order valence-electron chi connectivity index (χ4n) is 2.18. The van der Waals surface area contributed by atoms with Crippen molar-refractivity contribution in [3.8, 4) is 0 Å². The monoisotopic (exact) mass is 286 g/mol. The maximum absolute atomic E-state index is 6.39. The van der Waals surface area contributed by atoms with Gasteiger partial charge in [0.05, 0.1) is 23.0 Å². The predicted octanol–water partition coefficient (Wildman–Crippen LogP) is 3.11. The standard InChI is InChI=1S/C14H27ClN4/c1-8-16-13(14(4,5)18(6)7)12-11(15)9-17-19(12)10(2)3/h9-10,13,16H,8H2,1-7H3. The molecule has 0 amide bonds. The zero-order valence-electron chi connectivity index (χ0n) is 13.2. The molecule has 0 radical (unpaired) electrons. The van der Waals surface area contributed by atoms with Crippen molar-refractivity contribution >= 4 is 11.6 Å². The van der Waals surface area contributed by atoms with Crippen molar-refractivity contribution in [1.29, 1.82) is 0 Å². The van der Waals surface area contributed by atoms with Crippen molar-refractivity contribution in [2.75, 3.05) is 20.6 Å². The van der Waals surface area contributed by atoms with Crippen LogP contribution >= 0.6 is 11.6 Å². The summed E-state index contributed by atoms with van der Waals surface area (Å²) in [6.07, 6.45) is 1.74. The third kappa shape index (κ3) is 3.30. The molecule has 0 saturated heterocycles. The molecule has 1 aromatic rings. The summed E-state index contributed by atoms with van der Waals surface area (Å²) in [5.74, 6) is 0. The molecular formula is C14H27ClN4. The van der Waals surface area contributed by atoms with Crippen molar-refractivity contribution in [3.63, 3.8) is 0 Å². The quantitative estimate of drug-likeness (QED) is 0.872. The van der Waals surface area contributed by atoms with E-state index in [-0.39, 0.29) is 11.6 Å². The first-order valence-corrected chi connectivity index (χ1v) is 7.25. The lowest BCUT2D eigenvalue weighted by molar-refractivity contribution is 0.133. The van der Waals surface area contributed by atoms with Gasteiger partial charge in [-0.3, -0.25) is 4.68 Å². The van der Waals surface area contributed by atoms with E-state index in [1.807, 2.05) is 4.68 Å². The largest absolute Gasteiger partial charge is 0.307 e. The summed E-state index contributed by atoms with van der Waals surface area (Å²) in [5.41, 5.74) is 1.00. The lowest BCUT2D eigenvalue weighted by Gasteiger charge is -2.41. The highest BCUT2D eigenvalue weighted by atomic mass is 35.5. The van der Waals surface area contributed by atoms with Gasteiger partial charge in [0.25, 0.3) is 0 Å². The fourth-order valence-corrected chi connectivity index (χ4v) is 2.42. The molecule has 0 aromatic carbocycles.